The van der Waals surface area contributed by atoms with Crippen molar-refractivity contribution in [2.45, 2.75) is 6.54 Å². The van der Waals surface area contributed by atoms with Gasteiger partial charge in [0.1, 0.15) is 5.82 Å². The standard InChI is InChI=1S/C24H28N6O3/c1-27(20(31)17-28-12-14-29(15-13-28)19-10-6-3-7-11-19)21-22(25)30(24(33)26-23(21)32)16-18-8-4-2-5-9-18/h2-11H,12-17,25H2,1H3,(H,26,32,33). The van der Waals surface area contributed by atoms with Crippen molar-refractivity contribution >= 4 is 23.1 Å². The fourth-order valence-corrected chi connectivity index (χ4v) is 4.05. The summed E-state index contributed by atoms with van der Waals surface area (Å²) in [4.78, 5) is 45.8. The van der Waals surface area contributed by atoms with Crippen molar-refractivity contribution in [1.82, 2.24) is 14.5 Å². The van der Waals surface area contributed by atoms with Gasteiger partial charge >= 0.3 is 5.69 Å². The van der Waals surface area contributed by atoms with Gasteiger partial charge in [0.2, 0.25) is 5.91 Å². The molecule has 1 aromatic heterocycles. The third kappa shape index (κ3) is 4.98. The zero-order valence-electron chi connectivity index (χ0n) is 18.6. The number of hydrogen-bond donors (Lipinski definition) is 2. The Morgan fingerprint density at radius 1 is 0.970 bits per heavy atom. The number of carbonyl (C=O) groups excluding carboxylic acids is 1. The topological polar surface area (TPSA) is 108 Å². The van der Waals surface area contributed by atoms with E-state index in [4.69, 9.17) is 5.73 Å². The Kier molecular flexibility index (Phi) is 6.60. The Morgan fingerprint density at radius 3 is 2.21 bits per heavy atom. The molecule has 0 radical (unpaired) electrons. The number of likely N-dealkylation sites (N-methyl/N-ethyl adjacent to an activating group) is 1. The maximum absolute atomic E-state index is 13.0. The van der Waals surface area contributed by atoms with Crippen LogP contribution in [0.5, 0.6) is 0 Å². The molecule has 9 heteroatoms. The van der Waals surface area contributed by atoms with Crippen molar-refractivity contribution in [1.29, 1.82) is 0 Å². The maximum atomic E-state index is 13.0. The van der Waals surface area contributed by atoms with E-state index >= 15 is 0 Å². The van der Waals surface area contributed by atoms with Crippen molar-refractivity contribution < 1.29 is 4.79 Å². The summed E-state index contributed by atoms with van der Waals surface area (Å²) in [5.41, 5.74) is 6.94. The number of para-hydroxylation sites is 1. The monoisotopic (exact) mass is 448 g/mol. The van der Waals surface area contributed by atoms with Gasteiger partial charge < -0.3 is 15.5 Å². The Balaban J connectivity index is 1.46. The first-order chi connectivity index (χ1) is 15.9. The minimum atomic E-state index is -0.674. The molecule has 0 atom stereocenters. The lowest BCUT2D eigenvalue weighted by molar-refractivity contribution is -0.119. The normalized spacial score (nSPS) is 14.3. The summed E-state index contributed by atoms with van der Waals surface area (Å²) in [6, 6.07) is 19.5. The highest BCUT2D eigenvalue weighted by molar-refractivity contribution is 5.96. The van der Waals surface area contributed by atoms with Crippen LogP contribution in [0, 0.1) is 0 Å². The first-order valence-electron chi connectivity index (χ1n) is 10.9. The number of H-pyrrole nitrogens is 1. The molecule has 1 amide bonds. The fraction of sp³-hybridized carbons (Fsp3) is 0.292. The molecule has 172 valence electrons. The molecule has 0 unspecified atom stereocenters. The molecule has 4 rings (SSSR count). The van der Waals surface area contributed by atoms with E-state index in [9.17, 15) is 14.4 Å². The number of rotatable bonds is 6. The molecule has 0 bridgehead atoms. The molecule has 1 fully saturated rings. The van der Waals surface area contributed by atoms with E-state index in [0.29, 0.717) is 0 Å². The van der Waals surface area contributed by atoms with E-state index in [1.165, 1.54) is 22.2 Å². The number of nitrogens with one attached hydrogen (secondary N) is 1. The second-order valence-electron chi connectivity index (χ2n) is 8.12. The summed E-state index contributed by atoms with van der Waals surface area (Å²) in [6.45, 7) is 3.44. The Morgan fingerprint density at radius 2 is 1.58 bits per heavy atom. The first-order valence-corrected chi connectivity index (χ1v) is 10.9. The maximum Gasteiger partial charge on any atom is 0.330 e. The number of amides is 1. The minimum Gasteiger partial charge on any atom is -0.383 e. The summed E-state index contributed by atoms with van der Waals surface area (Å²) in [5.74, 6) is -0.289. The zero-order valence-corrected chi connectivity index (χ0v) is 18.6. The van der Waals surface area contributed by atoms with Crippen LogP contribution in [0.1, 0.15) is 5.56 Å². The lowest BCUT2D eigenvalue weighted by Gasteiger charge is -2.36. The van der Waals surface area contributed by atoms with Gasteiger partial charge in [-0.15, -0.1) is 0 Å². The Hall–Kier alpha value is -3.85. The van der Waals surface area contributed by atoms with Crippen LogP contribution >= 0.6 is 0 Å². The number of aromatic amines is 1. The number of carbonyl (C=O) groups is 1. The van der Waals surface area contributed by atoms with Crippen molar-refractivity contribution in [3.05, 3.63) is 87.1 Å². The summed E-state index contributed by atoms with van der Waals surface area (Å²) in [6.07, 6.45) is 0. The largest absolute Gasteiger partial charge is 0.383 e. The average molecular weight is 449 g/mol. The Bertz CT molecular complexity index is 1210. The third-order valence-electron chi connectivity index (χ3n) is 5.96. The van der Waals surface area contributed by atoms with Crippen LogP contribution in [0.15, 0.2) is 70.3 Å². The number of aromatic nitrogens is 2. The molecular formula is C24H28N6O3. The minimum absolute atomic E-state index is 0.0153. The van der Waals surface area contributed by atoms with Crippen LogP contribution in [-0.4, -0.2) is 60.1 Å². The molecule has 2 heterocycles. The predicted octanol–water partition coefficient (Wildman–Crippen LogP) is 0.952. The third-order valence-corrected chi connectivity index (χ3v) is 5.96. The van der Waals surface area contributed by atoms with E-state index in [0.717, 1.165) is 31.7 Å². The van der Waals surface area contributed by atoms with Gasteiger partial charge in [0.25, 0.3) is 5.56 Å². The van der Waals surface area contributed by atoms with Crippen molar-refractivity contribution in [3.8, 4) is 0 Å². The van der Waals surface area contributed by atoms with Crippen molar-refractivity contribution in [2.75, 3.05) is 55.3 Å². The molecule has 0 aliphatic carbocycles. The van der Waals surface area contributed by atoms with Crippen molar-refractivity contribution in [2.24, 2.45) is 0 Å². The highest BCUT2D eigenvalue weighted by Gasteiger charge is 2.25. The lowest BCUT2D eigenvalue weighted by Crippen LogP contribution is -2.50. The van der Waals surface area contributed by atoms with E-state index in [2.05, 4.69) is 26.9 Å². The highest BCUT2D eigenvalue weighted by atomic mass is 16.2. The van der Waals surface area contributed by atoms with Crippen LogP contribution in [-0.2, 0) is 11.3 Å². The molecule has 1 saturated heterocycles. The lowest BCUT2D eigenvalue weighted by atomic mass is 10.2. The number of nitrogens with zero attached hydrogens (tertiary/aromatic N) is 4. The van der Waals surface area contributed by atoms with Crippen LogP contribution in [0.3, 0.4) is 0 Å². The number of piperazine rings is 1. The molecule has 3 N–H and O–H groups in total. The van der Waals surface area contributed by atoms with Crippen LogP contribution in [0.4, 0.5) is 17.2 Å². The molecule has 1 aliphatic heterocycles. The van der Waals surface area contributed by atoms with Gasteiger partial charge in [-0.1, -0.05) is 48.5 Å². The second-order valence-corrected chi connectivity index (χ2v) is 8.12. The fourth-order valence-electron chi connectivity index (χ4n) is 4.05. The molecule has 9 nitrogen and oxygen atoms in total. The summed E-state index contributed by atoms with van der Waals surface area (Å²) < 4.78 is 1.27. The molecule has 3 aromatic rings. The predicted molar refractivity (Wildman–Crippen MR) is 130 cm³/mol. The van der Waals surface area contributed by atoms with Crippen LogP contribution < -0.4 is 26.8 Å². The first kappa shape index (κ1) is 22.3. The van der Waals surface area contributed by atoms with Gasteiger partial charge in [0, 0.05) is 38.9 Å². The summed E-state index contributed by atoms with van der Waals surface area (Å²) >= 11 is 0. The average Bonchev–Trinajstić information content (AvgIpc) is 2.83. The zero-order chi connectivity index (χ0) is 23.4. The van der Waals surface area contributed by atoms with E-state index in [1.54, 1.807) is 0 Å². The summed E-state index contributed by atoms with van der Waals surface area (Å²) in [7, 11) is 1.51. The van der Waals surface area contributed by atoms with E-state index in [-0.39, 0.29) is 30.5 Å². The number of benzene rings is 2. The van der Waals surface area contributed by atoms with E-state index < -0.39 is 11.2 Å². The molecular weight excluding hydrogens is 420 g/mol. The second kappa shape index (κ2) is 9.74. The quantitative estimate of drug-likeness (QED) is 0.582. The van der Waals surface area contributed by atoms with Crippen LogP contribution in [0.25, 0.3) is 0 Å². The number of hydrogen-bond acceptors (Lipinski definition) is 6. The van der Waals surface area contributed by atoms with Gasteiger partial charge in [0.15, 0.2) is 5.69 Å². The smallest absolute Gasteiger partial charge is 0.330 e. The molecule has 2 aromatic carbocycles. The van der Waals surface area contributed by atoms with E-state index in [1.807, 2.05) is 48.5 Å². The van der Waals surface area contributed by atoms with Crippen molar-refractivity contribution in [3.63, 3.8) is 0 Å². The number of nitrogens with two attached hydrogens (primary N) is 1. The Labute approximate surface area is 191 Å². The molecule has 1 aliphatic rings. The molecule has 0 spiro atoms. The van der Waals surface area contributed by atoms with Gasteiger partial charge in [-0.3, -0.25) is 24.0 Å². The van der Waals surface area contributed by atoms with Gasteiger partial charge in [0.05, 0.1) is 13.1 Å². The summed E-state index contributed by atoms with van der Waals surface area (Å²) in [5, 5.41) is 0. The van der Waals surface area contributed by atoms with Gasteiger partial charge in [-0.25, -0.2) is 4.79 Å². The highest BCUT2D eigenvalue weighted by Crippen LogP contribution is 2.18. The SMILES string of the molecule is CN(C(=O)CN1CCN(c2ccccc2)CC1)c1c(N)n(Cc2ccccc2)c(=O)[nH]c1=O. The number of nitrogen functional groups attached to an aromatic ring is 1. The van der Waals surface area contributed by atoms with Gasteiger partial charge in [-0.2, -0.15) is 0 Å². The molecule has 33 heavy (non-hydrogen) atoms. The number of anilines is 3. The van der Waals surface area contributed by atoms with Gasteiger partial charge in [-0.05, 0) is 17.7 Å². The molecule has 0 saturated carbocycles. The van der Waals surface area contributed by atoms with Crippen LogP contribution in [0.2, 0.25) is 0 Å².